The van der Waals surface area contributed by atoms with E-state index in [1.165, 1.54) is 5.56 Å². The van der Waals surface area contributed by atoms with Crippen LogP contribution in [-0.4, -0.2) is 28.8 Å². The fourth-order valence-electron chi connectivity index (χ4n) is 3.57. The van der Waals surface area contributed by atoms with E-state index in [1.54, 1.807) is 7.11 Å². The molecule has 2 aromatic carbocycles. The van der Waals surface area contributed by atoms with Gasteiger partial charge in [-0.15, -0.1) is 0 Å². The minimum absolute atomic E-state index is 0.152. The molecule has 2 N–H and O–H groups in total. The molecule has 1 unspecified atom stereocenters. The minimum Gasteiger partial charge on any atom is -0.497 e. The monoisotopic (exact) mass is 380 g/mol. The maximum Gasteiger partial charge on any atom is 0.240 e. The van der Waals surface area contributed by atoms with E-state index >= 15 is 0 Å². The average Bonchev–Trinajstić information content (AvgIpc) is 3.21. The largest absolute Gasteiger partial charge is 0.497 e. The molecule has 146 valence electrons. The van der Waals surface area contributed by atoms with Gasteiger partial charge in [0.15, 0.2) is 5.82 Å². The Morgan fingerprint density at radius 1 is 1.18 bits per heavy atom. The van der Waals surface area contributed by atoms with E-state index in [4.69, 9.17) is 19.7 Å². The fraction of sp³-hybridized carbons (Fsp3) is 0.333. The van der Waals surface area contributed by atoms with Crippen LogP contribution in [0.15, 0.2) is 53.1 Å². The highest BCUT2D eigenvalue weighted by Gasteiger charge is 2.29. The zero-order valence-electron chi connectivity index (χ0n) is 15.9. The van der Waals surface area contributed by atoms with Gasteiger partial charge in [0.2, 0.25) is 5.89 Å². The van der Waals surface area contributed by atoms with Gasteiger partial charge >= 0.3 is 0 Å². The highest BCUT2D eigenvalue weighted by Crippen LogP contribution is 2.39. The molecule has 0 radical (unpaired) electrons. The molecule has 0 spiro atoms. The standard InChI is InChI=1S/C21H24N4O3/c1-26-16-7-8-19-17(11-16)18(9-10-27-19)25(13-15-5-3-2-4-6-15)14-20-23-21(12-22)28-24-20/h2-8,11,18H,9-10,12-14,22H2,1H3. The average molecular weight is 380 g/mol. The lowest BCUT2D eigenvalue weighted by Crippen LogP contribution is -2.32. The highest BCUT2D eigenvalue weighted by atomic mass is 16.5. The predicted molar refractivity (Wildman–Crippen MR) is 104 cm³/mol. The molecule has 28 heavy (non-hydrogen) atoms. The van der Waals surface area contributed by atoms with Gasteiger partial charge in [-0.1, -0.05) is 35.5 Å². The number of aromatic nitrogens is 2. The summed E-state index contributed by atoms with van der Waals surface area (Å²) in [5.74, 6) is 2.79. The number of nitrogens with two attached hydrogens (primary N) is 1. The Morgan fingerprint density at radius 3 is 2.79 bits per heavy atom. The first-order valence-electron chi connectivity index (χ1n) is 9.37. The van der Waals surface area contributed by atoms with Gasteiger partial charge in [0.05, 0.1) is 26.8 Å². The van der Waals surface area contributed by atoms with Crippen LogP contribution in [-0.2, 0) is 19.6 Å². The fourth-order valence-corrected chi connectivity index (χ4v) is 3.57. The molecule has 1 aliphatic heterocycles. The lowest BCUT2D eigenvalue weighted by Gasteiger charge is -2.35. The van der Waals surface area contributed by atoms with E-state index in [2.05, 4.69) is 45.4 Å². The van der Waals surface area contributed by atoms with Crippen molar-refractivity contribution in [3.8, 4) is 11.5 Å². The Kier molecular flexibility index (Phi) is 5.55. The van der Waals surface area contributed by atoms with Gasteiger partial charge < -0.3 is 19.7 Å². The van der Waals surface area contributed by atoms with Gasteiger partial charge in [-0.2, -0.15) is 4.98 Å². The summed E-state index contributed by atoms with van der Waals surface area (Å²) in [5.41, 5.74) is 7.95. The van der Waals surface area contributed by atoms with Crippen molar-refractivity contribution in [2.45, 2.75) is 32.1 Å². The summed E-state index contributed by atoms with van der Waals surface area (Å²) in [6.07, 6.45) is 0.870. The molecule has 0 saturated heterocycles. The molecule has 1 aromatic heterocycles. The molecule has 0 fully saturated rings. The molecule has 4 rings (SSSR count). The van der Waals surface area contributed by atoms with Gasteiger partial charge in [0.25, 0.3) is 0 Å². The number of hydrogen-bond donors (Lipinski definition) is 1. The molecular weight excluding hydrogens is 356 g/mol. The third kappa shape index (κ3) is 4.00. The van der Waals surface area contributed by atoms with Crippen molar-refractivity contribution in [2.75, 3.05) is 13.7 Å². The van der Waals surface area contributed by atoms with Crippen molar-refractivity contribution in [3.63, 3.8) is 0 Å². The van der Waals surface area contributed by atoms with Crippen LogP contribution in [0.25, 0.3) is 0 Å². The quantitative estimate of drug-likeness (QED) is 0.674. The predicted octanol–water partition coefficient (Wildman–Crippen LogP) is 3.06. The number of rotatable bonds is 7. The molecule has 7 heteroatoms. The lowest BCUT2D eigenvalue weighted by molar-refractivity contribution is 0.122. The van der Waals surface area contributed by atoms with Crippen LogP contribution in [0.4, 0.5) is 0 Å². The highest BCUT2D eigenvalue weighted by molar-refractivity contribution is 5.43. The Morgan fingerprint density at radius 2 is 2.04 bits per heavy atom. The molecule has 1 aliphatic rings. The number of ether oxygens (including phenoxy) is 2. The number of hydrogen-bond acceptors (Lipinski definition) is 7. The van der Waals surface area contributed by atoms with E-state index in [1.807, 2.05) is 18.2 Å². The van der Waals surface area contributed by atoms with Crippen molar-refractivity contribution in [1.82, 2.24) is 15.0 Å². The first-order valence-corrected chi connectivity index (χ1v) is 9.37. The smallest absolute Gasteiger partial charge is 0.240 e. The summed E-state index contributed by atoms with van der Waals surface area (Å²) in [4.78, 5) is 6.74. The lowest BCUT2D eigenvalue weighted by atomic mass is 9.97. The van der Waals surface area contributed by atoms with Crippen molar-refractivity contribution in [1.29, 1.82) is 0 Å². The second-order valence-electron chi connectivity index (χ2n) is 6.76. The van der Waals surface area contributed by atoms with Crippen LogP contribution in [0, 0.1) is 0 Å². The van der Waals surface area contributed by atoms with Crippen molar-refractivity contribution in [3.05, 3.63) is 71.4 Å². The Labute approximate surface area is 164 Å². The van der Waals surface area contributed by atoms with Crippen LogP contribution < -0.4 is 15.2 Å². The summed E-state index contributed by atoms with van der Waals surface area (Å²) in [7, 11) is 1.68. The summed E-state index contributed by atoms with van der Waals surface area (Å²) < 4.78 is 16.5. The van der Waals surface area contributed by atoms with Gasteiger partial charge in [-0.05, 0) is 23.8 Å². The van der Waals surface area contributed by atoms with E-state index in [0.717, 1.165) is 30.0 Å². The summed E-state index contributed by atoms with van der Waals surface area (Å²) in [6, 6.07) is 16.5. The number of nitrogens with zero attached hydrogens (tertiary/aromatic N) is 3. The van der Waals surface area contributed by atoms with Crippen LogP contribution in [0.3, 0.4) is 0 Å². The molecule has 0 saturated carbocycles. The van der Waals surface area contributed by atoms with Crippen LogP contribution >= 0.6 is 0 Å². The number of benzene rings is 2. The van der Waals surface area contributed by atoms with E-state index in [0.29, 0.717) is 24.9 Å². The van der Waals surface area contributed by atoms with E-state index < -0.39 is 0 Å². The molecule has 7 nitrogen and oxygen atoms in total. The van der Waals surface area contributed by atoms with Crippen molar-refractivity contribution >= 4 is 0 Å². The summed E-state index contributed by atoms with van der Waals surface area (Å²) >= 11 is 0. The Balaban J connectivity index is 1.67. The molecule has 2 heterocycles. The zero-order valence-corrected chi connectivity index (χ0v) is 15.9. The van der Waals surface area contributed by atoms with Gasteiger partial charge in [0, 0.05) is 24.6 Å². The summed E-state index contributed by atoms with van der Waals surface area (Å²) in [6.45, 7) is 2.22. The third-order valence-corrected chi connectivity index (χ3v) is 4.92. The van der Waals surface area contributed by atoms with Gasteiger partial charge in [-0.25, -0.2) is 0 Å². The molecule has 0 bridgehead atoms. The zero-order chi connectivity index (χ0) is 19.3. The molecule has 3 aromatic rings. The maximum atomic E-state index is 5.88. The van der Waals surface area contributed by atoms with Crippen LogP contribution in [0.1, 0.15) is 35.3 Å². The Bertz CT molecular complexity index is 913. The van der Waals surface area contributed by atoms with Crippen LogP contribution in [0.5, 0.6) is 11.5 Å². The number of methoxy groups -OCH3 is 1. The first kappa shape index (κ1) is 18.5. The maximum absolute atomic E-state index is 5.88. The van der Waals surface area contributed by atoms with Gasteiger partial charge in [-0.3, -0.25) is 4.90 Å². The SMILES string of the molecule is COc1ccc2c(c1)C(N(Cc1ccccc1)Cc1noc(CN)n1)CCO2. The second-order valence-corrected chi connectivity index (χ2v) is 6.76. The normalized spacial score (nSPS) is 15.9. The van der Waals surface area contributed by atoms with Crippen LogP contribution in [0.2, 0.25) is 0 Å². The minimum atomic E-state index is 0.152. The van der Waals surface area contributed by atoms with Crippen molar-refractivity contribution < 1.29 is 14.0 Å². The number of fused-ring (bicyclic) bond motifs is 1. The van der Waals surface area contributed by atoms with Crippen molar-refractivity contribution in [2.24, 2.45) is 5.73 Å². The Hall–Kier alpha value is -2.90. The summed E-state index contributed by atoms with van der Waals surface area (Å²) in [5, 5.41) is 4.09. The van der Waals surface area contributed by atoms with Gasteiger partial charge in [0.1, 0.15) is 11.5 Å². The first-order chi connectivity index (χ1) is 13.8. The topological polar surface area (TPSA) is 86.6 Å². The molecule has 0 amide bonds. The molecule has 1 atom stereocenters. The molecule has 0 aliphatic carbocycles. The third-order valence-electron chi connectivity index (χ3n) is 4.92. The second kappa shape index (κ2) is 8.41. The van der Waals surface area contributed by atoms with E-state index in [-0.39, 0.29) is 12.6 Å². The van der Waals surface area contributed by atoms with E-state index in [9.17, 15) is 0 Å². The molecular formula is C21H24N4O3.